The van der Waals surface area contributed by atoms with Crippen LogP contribution in [-0.2, 0) is 9.63 Å². The van der Waals surface area contributed by atoms with Crippen molar-refractivity contribution in [1.29, 1.82) is 0 Å². The summed E-state index contributed by atoms with van der Waals surface area (Å²) in [5.41, 5.74) is 9.80. The van der Waals surface area contributed by atoms with E-state index in [9.17, 15) is 4.79 Å². The lowest BCUT2D eigenvalue weighted by Gasteiger charge is -2.11. The number of nitrogens with two attached hydrogens (primary N) is 1. The van der Waals surface area contributed by atoms with Crippen molar-refractivity contribution >= 4 is 40.7 Å². The Labute approximate surface area is 157 Å². The molecule has 1 aliphatic heterocycles. The minimum Gasteiger partial charge on any atom is -0.398 e. The van der Waals surface area contributed by atoms with Gasteiger partial charge < -0.3 is 15.5 Å². The van der Waals surface area contributed by atoms with E-state index in [1.807, 2.05) is 49.3 Å². The quantitative estimate of drug-likeness (QED) is 0.505. The molecule has 1 aliphatic rings. The average molecular weight is 368 g/mol. The standard InChI is InChI=1S/C20H18ClN3O2/c1-24(2)15-9-6-13(7-10-15)4-3-5-16-19(23-26-20(16)25)14-8-11-18(22)17(21)12-14/h3-12H,22H2,1-2H3. The Morgan fingerprint density at radius 1 is 1.15 bits per heavy atom. The van der Waals surface area contributed by atoms with Crippen molar-refractivity contribution in [3.05, 3.63) is 76.3 Å². The number of nitrogens with zero attached hydrogens (tertiary/aromatic N) is 2. The molecule has 26 heavy (non-hydrogen) atoms. The van der Waals surface area contributed by atoms with Crippen LogP contribution in [0.3, 0.4) is 0 Å². The molecule has 0 saturated heterocycles. The highest BCUT2D eigenvalue weighted by Gasteiger charge is 2.26. The SMILES string of the molecule is CN(C)c1ccc(C=CC=C2C(=O)ON=C2c2ccc(N)c(Cl)c2)cc1. The number of oxime groups is 1. The summed E-state index contributed by atoms with van der Waals surface area (Å²) in [4.78, 5) is 18.8. The molecule has 0 bridgehead atoms. The molecular formula is C20H18ClN3O2. The van der Waals surface area contributed by atoms with Crippen LogP contribution in [0.5, 0.6) is 0 Å². The third kappa shape index (κ3) is 3.78. The number of allylic oxidation sites excluding steroid dienone is 2. The van der Waals surface area contributed by atoms with Gasteiger partial charge in [0.25, 0.3) is 0 Å². The summed E-state index contributed by atoms with van der Waals surface area (Å²) in [6.07, 6.45) is 5.38. The fourth-order valence-corrected chi connectivity index (χ4v) is 2.63. The van der Waals surface area contributed by atoms with Crippen molar-refractivity contribution in [2.45, 2.75) is 0 Å². The second kappa shape index (κ2) is 7.45. The third-order valence-corrected chi connectivity index (χ3v) is 4.26. The highest BCUT2D eigenvalue weighted by Crippen LogP contribution is 2.24. The number of halogens is 1. The van der Waals surface area contributed by atoms with Gasteiger partial charge in [0.1, 0.15) is 5.71 Å². The maximum atomic E-state index is 12.0. The molecule has 0 spiro atoms. The minimum absolute atomic E-state index is 0.368. The lowest BCUT2D eigenvalue weighted by atomic mass is 10.0. The van der Waals surface area contributed by atoms with Crippen molar-refractivity contribution in [3.63, 3.8) is 0 Å². The lowest BCUT2D eigenvalue weighted by Crippen LogP contribution is -2.07. The van der Waals surface area contributed by atoms with Crippen LogP contribution in [0.4, 0.5) is 11.4 Å². The van der Waals surface area contributed by atoms with Crippen LogP contribution < -0.4 is 10.6 Å². The number of hydrogen-bond acceptors (Lipinski definition) is 5. The molecule has 2 aromatic rings. The summed E-state index contributed by atoms with van der Waals surface area (Å²) >= 11 is 6.05. The number of nitrogen functional groups attached to an aromatic ring is 1. The molecule has 0 atom stereocenters. The Morgan fingerprint density at radius 3 is 2.54 bits per heavy atom. The molecule has 0 amide bonds. The van der Waals surface area contributed by atoms with Crippen molar-refractivity contribution in [2.24, 2.45) is 5.16 Å². The van der Waals surface area contributed by atoms with E-state index in [0.717, 1.165) is 11.3 Å². The number of hydrogen-bond donors (Lipinski definition) is 1. The second-order valence-corrected chi connectivity index (χ2v) is 6.39. The summed E-state index contributed by atoms with van der Waals surface area (Å²) in [5, 5.41) is 4.26. The maximum Gasteiger partial charge on any atom is 0.368 e. The number of anilines is 2. The maximum absolute atomic E-state index is 12.0. The summed E-state index contributed by atoms with van der Waals surface area (Å²) in [6.45, 7) is 0. The molecule has 0 aromatic heterocycles. The first-order valence-corrected chi connectivity index (χ1v) is 8.34. The molecule has 5 nitrogen and oxygen atoms in total. The molecular weight excluding hydrogens is 350 g/mol. The summed E-state index contributed by atoms with van der Waals surface area (Å²) in [7, 11) is 3.98. The van der Waals surface area contributed by atoms with Gasteiger partial charge in [-0.15, -0.1) is 0 Å². The van der Waals surface area contributed by atoms with E-state index in [4.69, 9.17) is 22.2 Å². The van der Waals surface area contributed by atoms with Crippen molar-refractivity contribution in [3.8, 4) is 0 Å². The van der Waals surface area contributed by atoms with Crippen LogP contribution in [0.25, 0.3) is 6.08 Å². The molecule has 2 aromatic carbocycles. The van der Waals surface area contributed by atoms with Gasteiger partial charge in [-0.1, -0.05) is 47.1 Å². The zero-order chi connectivity index (χ0) is 18.7. The van der Waals surface area contributed by atoms with E-state index >= 15 is 0 Å². The van der Waals surface area contributed by atoms with Gasteiger partial charge >= 0.3 is 5.97 Å². The average Bonchev–Trinajstić information content (AvgIpc) is 2.99. The molecule has 132 valence electrons. The Bertz CT molecular complexity index is 929. The Balaban J connectivity index is 1.82. The summed E-state index contributed by atoms with van der Waals surface area (Å²) in [6, 6.07) is 13.1. The van der Waals surface area contributed by atoms with Crippen molar-refractivity contribution in [1.82, 2.24) is 0 Å². The molecule has 2 N–H and O–H groups in total. The summed E-state index contributed by atoms with van der Waals surface area (Å²) in [5.74, 6) is -0.499. The van der Waals surface area contributed by atoms with E-state index in [1.54, 1.807) is 30.4 Å². The van der Waals surface area contributed by atoms with Crippen LogP contribution in [0.15, 0.2) is 65.3 Å². The van der Waals surface area contributed by atoms with E-state index in [-0.39, 0.29) is 0 Å². The van der Waals surface area contributed by atoms with Crippen LogP contribution in [0.1, 0.15) is 11.1 Å². The molecule has 0 saturated carbocycles. The number of carbonyl (C=O) groups is 1. The molecule has 0 radical (unpaired) electrons. The van der Waals surface area contributed by atoms with Gasteiger partial charge in [0.05, 0.1) is 16.3 Å². The fraction of sp³-hybridized carbons (Fsp3) is 0.100. The van der Waals surface area contributed by atoms with E-state index in [0.29, 0.717) is 27.6 Å². The van der Waals surface area contributed by atoms with Gasteiger partial charge in [-0.2, -0.15) is 0 Å². The van der Waals surface area contributed by atoms with E-state index in [1.165, 1.54) is 0 Å². The zero-order valence-corrected chi connectivity index (χ0v) is 15.2. The van der Waals surface area contributed by atoms with Crippen LogP contribution in [0, 0.1) is 0 Å². The molecule has 3 rings (SSSR count). The third-order valence-electron chi connectivity index (χ3n) is 3.93. The van der Waals surface area contributed by atoms with Gasteiger partial charge in [-0.3, -0.25) is 0 Å². The monoisotopic (exact) mass is 367 g/mol. The summed E-state index contributed by atoms with van der Waals surface area (Å²) < 4.78 is 0. The van der Waals surface area contributed by atoms with Gasteiger partial charge in [0.15, 0.2) is 0 Å². The largest absolute Gasteiger partial charge is 0.398 e. The highest BCUT2D eigenvalue weighted by molar-refractivity contribution is 6.34. The highest BCUT2D eigenvalue weighted by atomic mass is 35.5. The molecule has 6 heteroatoms. The van der Waals surface area contributed by atoms with Gasteiger partial charge in [-0.25, -0.2) is 4.79 Å². The first kappa shape index (κ1) is 17.8. The van der Waals surface area contributed by atoms with Crippen LogP contribution in [-0.4, -0.2) is 25.8 Å². The molecule has 0 aliphatic carbocycles. The topological polar surface area (TPSA) is 67.9 Å². The number of carbonyl (C=O) groups excluding carboxylic acids is 1. The predicted octanol–water partition coefficient (Wildman–Crippen LogP) is 3.89. The zero-order valence-electron chi connectivity index (χ0n) is 14.4. The van der Waals surface area contributed by atoms with Crippen LogP contribution >= 0.6 is 11.6 Å². The Hall–Kier alpha value is -3.05. The van der Waals surface area contributed by atoms with Crippen molar-refractivity contribution < 1.29 is 9.63 Å². The molecule has 1 heterocycles. The normalized spacial score (nSPS) is 15.4. The minimum atomic E-state index is -0.499. The first-order chi connectivity index (χ1) is 12.5. The number of rotatable bonds is 4. The van der Waals surface area contributed by atoms with E-state index in [2.05, 4.69) is 5.16 Å². The first-order valence-electron chi connectivity index (χ1n) is 7.96. The van der Waals surface area contributed by atoms with Gasteiger partial charge in [0, 0.05) is 25.3 Å². The molecule has 0 fully saturated rings. The Morgan fingerprint density at radius 2 is 1.88 bits per heavy atom. The molecule has 0 unspecified atom stereocenters. The number of benzene rings is 2. The van der Waals surface area contributed by atoms with Gasteiger partial charge in [-0.05, 0) is 35.9 Å². The van der Waals surface area contributed by atoms with E-state index < -0.39 is 5.97 Å². The van der Waals surface area contributed by atoms with Crippen LogP contribution in [0.2, 0.25) is 5.02 Å². The predicted molar refractivity (Wildman–Crippen MR) is 106 cm³/mol. The second-order valence-electron chi connectivity index (χ2n) is 5.98. The lowest BCUT2D eigenvalue weighted by molar-refractivity contribution is -0.136. The van der Waals surface area contributed by atoms with Crippen molar-refractivity contribution in [2.75, 3.05) is 24.7 Å². The smallest absolute Gasteiger partial charge is 0.368 e. The fourth-order valence-electron chi connectivity index (χ4n) is 2.45. The van der Waals surface area contributed by atoms with Gasteiger partial charge in [0.2, 0.25) is 0 Å². The Kier molecular flexibility index (Phi) is 5.09.